The lowest BCUT2D eigenvalue weighted by Gasteiger charge is -2.21. The molecule has 5 rings (SSSR count). The van der Waals surface area contributed by atoms with E-state index >= 15 is 0 Å². The van der Waals surface area contributed by atoms with E-state index in [0.717, 1.165) is 22.3 Å². The van der Waals surface area contributed by atoms with Gasteiger partial charge in [0.1, 0.15) is 17.8 Å². The highest BCUT2D eigenvalue weighted by molar-refractivity contribution is 6.32. The highest BCUT2D eigenvalue weighted by Crippen LogP contribution is 2.37. The Kier molecular flexibility index (Phi) is 10.5. The van der Waals surface area contributed by atoms with Gasteiger partial charge in [-0.1, -0.05) is 0 Å². The van der Waals surface area contributed by atoms with Crippen LogP contribution in [-0.2, 0) is 14.4 Å². The summed E-state index contributed by atoms with van der Waals surface area (Å²) < 4.78 is 0. The van der Waals surface area contributed by atoms with Gasteiger partial charge in [-0.3, -0.25) is 14.4 Å². The van der Waals surface area contributed by atoms with Crippen LogP contribution in [0.1, 0.15) is 63.4 Å². The zero-order valence-corrected chi connectivity index (χ0v) is 28.2. The molecular formula is C36H40N6O8. The summed E-state index contributed by atoms with van der Waals surface area (Å²) in [5.74, 6) is -3.10. The number of carboxylic acid groups (broad SMARTS) is 2. The van der Waals surface area contributed by atoms with Crippen molar-refractivity contribution < 1.29 is 39.9 Å². The van der Waals surface area contributed by atoms with E-state index < -0.39 is 48.9 Å². The molecule has 0 unspecified atom stereocenters. The van der Waals surface area contributed by atoms with Crippen molar-refractivity contribution in [3.8, 4) is 0 Å². The number of aromatic nitrogens is 1. The number of aliphatic hydroxyl groups excluding tert-OH is 3. The molecule has 1 amide bonds. The molecule has 1 aromatic heterocycles. The van der Waals surface area contributed by atoms with Crippen LogP contribution in [0.5, 0.6) is 0 Å². The van der Waals surface area contributed by atoms with Crippen LogP contribution in [-0.4, -0.2) is 90.8 Å². The Morgan fingerprint density at radius 3 is 2.04 bits per heavy atom. The number of aryl methyl sites for hydroxylation is 1. The SMILES string of the molecule is CC1=CC2=NC1=CC1=NC(=CC3=NC(=Cc4cc(C)c([nH]4)C2=C(O)[C@H](CO)NC(=O)[C@@H](N)CO)C(C)=C3CCC(=O)O)C(CCC(=O)O)=C1C. The van der Waals surface area contributed by atoms with Gasteiger partial charge in [-0.25, -0.2) is 15.0 Å². The van der Waals surface area contributed by atoms with Crippen LogP contribution in [0.3, 0.4) is 0 Å². The van der Waals surface area contributed by atoms with E-state index in [1.54, 1.807) is 24.3 Å². The maximum Gasteiger partial charge on any atom is 0.303 e. The predicted octanol–water partition coefficient (Wildman–Crippen LogP) is 3.18. The first-order valence-corrected chi connectivity index (χ1v) is 16.1. The number of aliphatic carboxylic acids is 2. The molecular weight excluding hydrogens is 644 g/mol. The van der Waals surface area contributed by atoms with E-state index in [1.165, 1.54) is 0 Å². The zero-order valence-electron chi connectivity index (χ0n) is 28.2. The Labute approximate surface area is 287 Å². The molecule has 2 atom stereocenters. The quantitative estimate of drug-likeness (QED) is 0.159. The minimum Gasteiger partial charge on any atom is -0.509 e. The van der Waals surface area contributed by atoms with Crippen LogP contribution in [0.4, 0.5) is 0 Å². The number of nitrogens with one attached hydrogen (secondary N) is 2. The number of carbonyl (C=O) groups is 3. The number of allylic oxidation sites excluding steroid dienone is 9. The molecule has 4 aliphatic heterocycles. The summed E-state index contributed by atoms with van der Waals surface area (Å²) in [4.78, 5) is 53.7. The molecule has 8 bridgehead atoms. The van der Waals surface area contributed by atoms with Gasteiger partial charge in [0.05, 0.1) is 58.7 Å². The molecule has 1 aromatic rings. The number of nitrogens with zero attached hydrogens (tertiary/aromatic N) is 3. The fourth-order valence-corrected chi connectivity index (χ4v) is 6.13. The largest absolute Gasteiger partial charge is 0.509 e. The summed E-state index contributed by atoms with van der Waals surface area (Å²) in [5, 5.41) is 52.9. The molecule has 0 spiro atoms. The monoisotopic (exact) mass is 684 g/mol. The van der Waals surface area contributed by atoms with Crippen LogP contribution in [0, 0.1) is 6.92 Å². The molecule has 5 heterocycles. The number of aliphatic hydroxyl groups is 3. The average molecular weight is 685 g/mol. The molecule has 0 saturated carbocycles. The molecule has 262 valence electrons. The van der Waals surface area contributed by atoms with Crippen molar-refractivity contribution in [3.05, 3.63) is 92.0 Å². The maximum atomic E-state index is 12.6. The third kappa shape index (κ3) is 7.27. The van der Waals surface area contributed by atoms with Gasteiger partial charge in [-0.2, -0.15) is 0 Å². The Balaban J connectivity index is 1.77. The lowest BCUT2D eigenvalue weighted by atomic mass is 9.96. The Morgan fingerprint density at radius 1 is 0.780 bits per heavy atom. The minimum atomic E-state index is -1.30. The lowest BCUT2D eigenvalue weighted by molar-refractivity contribution is -0.137. The van der Waals surface area contributed by atoms with Crippen molar-refractivity contribution in [1.82, 2.24) is 10.3 Å². The molecule has 0 aromatic carbocycles. The second-order valence-corrected chi connectivity index (χ2v) is 12.5. The fourth-order valence-electron chi connectivity index (χ4n) is 6.13. The van der Waals surface area contributed by atoms with Crippen molar-refractivity contribution in [1.29, 1.82) is 0 Å². The predicted molar refractivity (Wildman–Crippen MR) is 189 cm³/mol. The molecule has 14 heteroatoms. The number of aromatic amines is 1. The summed E-state index contributed by atoms with van der Waals surface area (Å²) in [7, 11) is 0. The standard InChI is InChI=1S/C36H40N6O8/c1-16-10-29-33(35(49)30(15-44)42-36(50)23(37)14-43)34-17(2)9-20(38-34)11-25-18(3)21(5-7-31(45)46)27(40-25)13-28-22(6-8-32(47)48)19(4)26(41-28)12-24(16)39-29/h9-13,23,30,38,43-44,49H,5-8,14-15,37H2,1-4H3,(H,42,50)(H,45,46)(H,47,48)/t23-,30-/m0/s1. The van der Waals surface area contributed by atoms with Crippen LogP contribution < -0.4 is 11.1 Å². The van der Waals surface area contributed by atoms with Gasteiger partial charge in [0, 0.05) is 18.5 Å². The molecule has 0 fully saturated rings. The third-order valence-corrected chi connectivity index (χ3v) is 8.95. The van der Waals surface area contributed by atoms with Gasteiger partial charge < -0.3 is 41.6 Å². The average Bonchev–Trinajstić information content (AvgIpc) is 3.77. The molecule has 0 radical (unpaired) electrons. The third-order valence-electron chi connectivity index (χ3n) is 8.95. The number of hydrogen-bond donors (Lipinski definition) is 8. The van der Waals surface area contributed by atoms with E-state index in [1.807, 2.05) is 33.8 Å². The first kappa shape index (κ1) is 35.9. The first-order chi connectivity index (χ1) is 23.7. The van der Waals surface area contributed by atoms with Crippen LogP contribution >= 0.6 is 0 Å². The van der Waals surface area contributed by atoms with Crippen molar-refractivity contribution in [2.75, 3.05) is 13.2 Å². The Morgan fingerprint density at radius 2 is 1.40 bits per heavy atom. The summed E-state index contributed by atoms with van der Waals surface area (Å²) in [5.41, 5.74) is 14.3. The number of amides is 1. The van der Waals surface area contributed by atoms with Gasteiger partial charge in [-0.05, 0) is 104 Å². The summed E-state index contributed by atoms with van der Waals surface area (Å²) in [6.45, 7) is 6.03. The molecule has 4 aliphatic rings. The van der Waals surface area contributed by atoms with Crippen LogP contribution in [0.2, 0.25) is 0 Å². The second kappa shape index (κ2) is 14.6. The first-order valence-electron chi connectivity index (χ1n) is 16.1. The Hall–Kier alpha value is -5.44. The van der Waals surface area contributed by atoms with Gasteiger partial charge in [0.2, 0.25) is 5.91 Å². The topological polar surface area (TPSA) is 243 Å². The fraction of sp³-hybridized carbons (Fsp3) is 0.333. The Bertz CT molecular complexity index is 2000. The molecule has 50 heavy (non-hydrogen) atoms. The van der Waals surface area contributed by atoms with E-state index in [4.69, 9.17) is 20.7 Å². The molecule has 0 saturated heterocycles. The van der Waals surface area contributed by atoms with Gasteiger partial charge in [0.15, 0.2) is 0 Å². The van der Waals surface area contributed by atoms with Crippen molar-refractivity contribution in [2.45, 2.75) is 65.5 Å². The van der Waals surface area contributed by atoms with Gasteiger partial charge in [0.25, 0.3) is 0 Å². The number of rotatable bonds is 11. The highest BCUT2D eigenvalue weighted by Gasteiger charge is 2.30. The lowest BCUT2D eigenvalue weighted by Crippen LogP contribution is -2.49. The van der Waals surface area contributed by atoms with E-state index in [9.17, 15) is 39.9 Å². The summed E-state index contributed by atoms with van der Waals surface area (Å²) in [6.07, 6.45) is 7.26. The number of carbonyl (C=O) groups excluding carboxylic acids is 1. The summed E-state index contributed by atoms with van der Waals surface area (Å²) >= 11 is 0. The van der Waals surface area contributed by atoms with Crippen LogP contribution in [0.15, 0.2) is 90.0 Å². The van der Waals surface area contributed by atoms with Gasteiger partial charge >= 0.3 is 11.9 Å². The molecule has 0 aliphatic carbocycles. The number of fused-ring (bicyclic) bond motifs is 5. The van der Waals surface area contributed by atoms with Crippen LogP contribution in [0.25, 0.3) is 11.6 Å². The number of H-pyrrole nitrogens is 1. The minimum absolute atomic E-state index is 0.125. The zero-order chi connectivity index (χ0) is 36.4. The van der Waals surface area contributed by atoms with E-state index in [2.05, 4.69) is 10.3 Å². The van der Waals surface area contributed by atoms with Gasteiger partial charge in [-0.15, -0.1) is 0 Å². The second-order valence-electron chi connectivity index (χ2n) is 12.5. The smallest absolute Gasteiger partial charge is 0.303 e. The normalized spacial score (nSPS) is 19.2. The number of nitrogens with two attached hydrogens (primary N) is 1. The number of hydrogen-bond acceptors (Lipinski definition) is 10. The number of aliphatic imine (C=N–C) groups is 3. The van der Waals surface area contributed by atoms with Crippen molar-refractivity contribution in [2.24, 2.45) is 20.7 Å². The molecule has 14 nitrogen and oxygen atoms in total. The van der Waals surface area contributed by atoms with E-state index in [-0.39, 0.29) is 31.3 Å². The van der Waals surface area contributed by atoms with Crippen molar-refractivity contribution in [3.63, 3.8) is 0 Å². The van der Waals surface area contributed by atoms with E-state index in [0.29, 0.717) is 56.8 Å². The highest BCUT2D eigenvalue weighted by atomic mass is 16.4. The molecule has 9 N–H and O–H groups in total. The summed E-state index contributed by atoms with van der Waals surface area (Å²) in [6, 6.07) is -0.738. The number of carboxylic acids is 2. The van der Waals surface area contributed by atoms with Crippen molar-refractivity contribution >= 4 is 46.6 Å². The maximum absolute atomic E-state index is 12.6.